The SMILES string of the molecule is CCNC(C)c1cccc(-c2ncccc2OC)c1. The molecule has 0 radical (unpaired) electrons. The van der Waals surface area contributed by atoms with Crippen molar-refractivity contribution in [1.29, 1.82) is 0 Å². The maximum absolute atomic E-state index is 5.37. The fourth-order valence-corrected chi connectivity index (χ4v) is 2.15. The van der Waals surface area contributed by atoms with Crippen LogP contribution in [0.1, 0.15) is 25.5 Å². The molecule has 0 spiro atoms. The number of pyridine rings is 1. The van der Waals surface area contributed by atoms with Crippen molar-refractivity contribution in [3.63, 3.8) is 0 Å². The van der Waals surface area contributed by atoms with Gasteiger partial charge in [0, 0.05) is 17.8 Å². The maximum atomic E-state index is 5.37. The summed E-state index contributed by atoms with van der Waals surface area (Å²) in [6, 6.07) is 12.6. The molecule has 0 aliphatic carbocycles. The van der Waals surface area contributed by atoms with Crippen LogP contribution in [0.4, 0.5) is 0 Å². The Labute approximate surface area is 114 Å². The minimum Gasteiger partial charge on any atom is -0.494 e. The molecule has 1 N–H and O–H groups in total. The largest absolute Gasteiger partial charge is 0.494 e. The van der Waals surface area contributed by atoms with Crippen molar-refractivity contribution < 1.29 is 4.74 Å². The molecule has 0 aliphatic heterocycles. The standard InChI is InChI=1S/C16H20N2O/c1-4-17-12(2)13-7-5-8-14(11-13)16-15(19-3)9-6-10-18-16/h5-12,17H,4H2,1-3H3. The van der Waals surface area contributed by atoms with E-state index in [4.69, 9.17) is 4.74 Å². The van der Waals surface area contributed by atoms with Crippen LogP contribution < -0.4 is 10.1 Å². The van der Waals surface area contributed by atoms with E-state index in [9.17, 15) is 0 Å². The highest BCUT2D eigenvalue weighted by molar-refractivity contribution is 5.66. The molecule has 0 saturated heterocycles. The van der Waals surface area contributed by atoms with Gasteiger partial charge in [-0.1, -0.05) is 25.1 Å². The van der Waals surface area contributed by atoms with E-state index in [-0.39, 0.29) is 0 Å². The second-order valence-corrected chi connectivity index (χ2v) is 4.46. The molecule has 3 heteroatoms. The third-order valence-corrected chi connectivity index (χ3v) is 3.16. The smallest absolute Gasteiger partial charge is 0.145 e. The van der Waals surface area contributed by atoms with Crippen molar-refractivity contribution in [1.82, 2.24) is 10.3 Å². The van der Waals surface area contributed by atoms with Crippen LogP contribution in [0.5, 0.6) is 5.75 Å². The van der Waals surface area contributed by atoms with Gasteiger partial charge < -0.3 is 10.1 Å². The van der Waals surface area contributed by atoms with Gasteiger partial charge in [-0.2, -0.15) is 0 Å². The zero-order chi connectivity index (χ0) is 13.7. The highest BCUT2D eigenvalue weighted by Gasteiger charge is 2.09. The molecule has 1 aromatic heterocycles. The van der Waals surface area contributed by atoms with Gasteiger partial charge in [0.2, 0.25) is 0 Å². The van der Waals surface area contributed by atoms with E-state index in [0.29, 0.717) is 6.04 Å². The van der Waals surface area contributed by atoms with Crippen LogP contribution in [-0.2, 0) is 0 Å². The van der Waals surface area contributed by atoms with Gasteiger partial charge in [-0.15, -0.1) is 0 Å². The molecule has 2 aromatic rings. The van der Waals surface area contributed by atoms with E-state index in [1.165, 1.54) is 5.56 Å². The molecule has 1 atom stereocenters. The molecule has 0 bridgehead atoms. The van der Waals surface area contributed by atoms with Crippen molar-refractivity contribution in [2.75, 3.05) is 13.7 Å². The first-order valence-electron chi connectivity index (χ1n) is 6.59. The van der Waals surface area contributed by atoms with Crippen molar-refractivity contribution in [3.05, 3.63) is 48.2 Å². The van der Waals surface area contributed by atoms with Crippen molar-refractivity contribution in [2.24, 2.45) is 0 Å². The van der Waals surface area contributed by atoms with Crippen LogP contribution in [0.15, 0.2) is 42.6 Å². The third-order valence-electron chi connectivity index (χ3n) is 3.16. The van der Waals surface area contributed by atoms with Gasteiger partial charge in [-0.05, 0) is 37.2 Å². The van der Waals surface area contributed by atoms with Gasteiger partial charge in [0.15, 0.2) is 0 Å². The van der Waals surface area contributed by atoms with E-state index in [1.54, 1.807) is 13.3 Å². The zero-order valence-corrected chi connectivity index (χ0v) is 11.7. The molecule has 1 aromatic carbocycles. The Morgan fingerprint density at radius 1 is 1.26 bits per heavy atom. The highest BCUT2D eigenvalue weighted by Crippen LogP contribution is 2.28. The molecule has 1 unspecified atom stereocenters. The fraction of sp³-hybridized carbons (Fsp3) is 0.312. The summed E-state index contributed by atoms with van der Waals surface area (Å²) in [5.74, 6) is 0.802. The topological polar surface area (TPSA) is 34.2 Å². The minimum atomic E-state index is 0.333. The Kier molecular flexibility index (Phi) is 4.53. The van der Waals surface area contributed by atoms with Crippen LogP contribution in [0.2, 0.25) is 0 Å². The summed E-state index contributed by atoms with van der Waals surface area (Å²) in [4.78, 5) is 4.42. The fourth-order valence-electron chi connectivity index (χ4n) is 2.15. The molecule has 3 nitrogen and oxygen atoms in total. The molecule has 0 aliphatic rings. The van der Waals surface area contributed by atoms with Crippen molar-refractivity contribution in [2.45, 2.75) is 19.9 Å². The lowest BCUT2D eigenvalue weighted by molar-refractivity contribution is 0.415. The molecule has 100 valence electrons. The molecule has 2 rings (SSSR count). The first-order valence-corrected chi connectivity index (χ1v) is 6.59. The second kappa shape index (κ2) is 6.34. The van der Waals surface area contributed by atoms with E-state index in [2.05, 4.69) is 48.4 Å². The first kappa shape index (κ1) is 13.6. The molecule has 0 saturated carbocycles. The quantitative estimate of drug-likeness (QED) is 0.890. The van der Waals surface area contributed by atoms with Crippen LogP contribution in [0.3, 0.4) is 0 Å². The Morgan fingerprint density at radius 3 is 2.84 bits per heavy atom. The number of nitrogens with one attached hydrogen (secondary N) is 1. The highest BCUT2D eigenvalue weighted by atomic mass is 16.5. The lowest BCUT2D eigenvalue weighted by Crippen LogP contribution is -2.17. The summed E-state index contributed by atoms with van der Waals surface area (Å²) in [6.45, 7) is 5.23. The summed E-state index contributed by atoms with van der Waals surface area (Å²) in [5, 5.41) is 3.42. The molecule has 19 heavy (non-hydrogen) atoms. The van der Waals surface area contributed by atoms with Gasteiger partial charge in [0.25, 0.3) is 0 Å². The van der Waals surface area contributed by atoms with E-state index < -0.39 is 0 Å². The molecule has 0 amide bonds. The summed E-state index contributed by atoms with van der Waals surface area (Å²) in [5.41, 5.74) is 3.22. The first-order chi connectivity index (χ1) is 9.26. The maximum Gasteiger partial charge on any atom is 0.145 e. The number of hydrogen-bond donors (Lipinski definition) is 1. The molecule has 0 fully saturated rings. The summed E-state index contributed by atoms with van der Waals surface area (Å²) in [6.07, 6.45) is 1.79. The van der Waals surface area contributed by atoms with Gasteiger partial charge in [-0.25, -0.2) is 0 Å². The zero-order valence-electron chi connectivity index (χ0n) is 11.7. The predicted molar refractivity (Wildman–Crippen MR) is 78.3 cm³/mol. The number of hydrogen-bond acceptors (Lipinski definition) is 3. The average molecular weight is 256 g/mol. The predicted octanol–water partition coefficient (Wildman–Crippen LogP) is 3.43. The number of aromatic nitrogens is 1. The Balaban J connectivity index is 2.37. The van der Waals surface area contributed by atoms with Gasteiger partial charge in [-0.3, -0.25) is 4.98 Å². The monoisotopic (exact) mass is 256 g/mol. The molecular weight excluding hydrogens is 236 g/mol. The van der Waals surface area contributed by atoms with Gasteiger partial charge >= 0.3 is 0 Å². The third kappa shape index (κ3) is 3.12. The number of benzene rings is 1. The van der Waals surface area contributed by atoms with E-state index >= 15 is 0 Å². The Hall–Kier alpha value is -1.87. The summed E-state index contributed by atoms with van der Waals surface area (Å²) in [7, 11) is 1.67. The van der Waals surface area contributed by atoms with Crippen molar-refractivity contribution in [3.8, 4) is 17.0 Å². The van der Waals surface area contributed by atoms with Crippen LogP contribution in [0.25, 0.3) is 11.3 Å². The normalized spacial score (nSPS) is 12.2. The van der Waals surface area contributed by atoms with Crippen LogP contribution in [0, 0.1) is 0 Å². The van der Waals surface area contributed by atoms with Crippen LogP contribution in [-0.4, -0.2) is 18.6 Å². The number of ether oxygens (including phenoxy) is 1. The van der Waals surface area contributed by atoms with Crippen LogP contribution >= 0.6 is 0 Å². The lowest BCUT2D eigenvalue weighted by atomic mass is 10.0. The lowest BCUT2D eigenvalue weighted by Gasteiger charge is -2.14. The number of nitrogens with zero attached hydrogens (tertiary/aromatic N) is 1. The second-order valence-electron chi connectivity index (χ2n) is 4.46. The van der Waals surface area contributed by atoms with Gasteiger partial charge in [0.1, 0.15) is 11.4 Å². The van der Waals surface area contributed by atoms with Gasteiger partial charge in [0.05, 0.1) is 7.11 Å². The van der Waals surface area contributed by atoms with E-state index in [1.807, 2.05) is 12.1 Å². The Morgan fingerprint density at radius 2 is 2.11 bits per heavy atom. The summed E-state index contributed by atoms with van der Waals surface area (Å²) < 4.78 is 5.37. The van der Waals surface area contributed by atoms with Crippen molar-refractivity contribution >= 4 is 0 Å². The molecule has 1 heterocycles. The Bertz CT molecular complexity index is 540. The average Bonchev–Trinajstić information content (AvgIpc) is 2.47. The minimum absolute atomic E-state index is 0.333. The summed E-state index contributed by atoms with van der Waals surface area (Å²) >= 11 is 0. The number of methoxy groups -OCH3 is 1. The number of rotatable bonds is 5. The van der Waals surface area contributed by atoms with E-state index in [0.717, 1.165) is 23.6 Å². The molecular formula is C16H20N2O.